The normalized spacial score (nSPS) is 13.8. The van der Waals surface area contributed by atoms with Gasteiger partial charge in [0.1, 0.15) is 12.2 Å². The molecule has 0 aromatic carbocycles. The lowest BCUT2D eigenvalue weighted by Crippen LogP contribution is -2.29. The van der Waals surface area contributed by atoms with Crippen LogP contribution in [0.25, 0.3) is 0 Å². The minimum absolute atomic E-state index is 0.106. The minimum Gasteiger partial charge on any atom is -0.394 e. The number of aliphatic hydroxyl groups excluding tert-OH is 2. The Kier molecular flexibility index (Phi) is 21.9. The van der Waals surface area contributed by atoms with Crippen molar-refractivity contribution in [3.63, 3.8) is 0 Å². The minimum atomic E-state index is -0.825. The van der Waals surface area contributed by atoms with Crippen molar-refractivity contribution >= 4 is 0 Å². The molecule has 0 aromatic rings. The molecule has 0 saturated carbocycles. The summed E-state index contributed by atoms with van der Waals surface area (Å²) in [5.41, 5.74) is 0. The van der Waals surface area contributed by atoms with E-state index in [0.29, 0.717) is 19.8 Å². The predicted octanol–water partition coefficient (Wildman–Crippen LogP) is 4.48. The first-order chi connectivity index (χ1) is 13.2. The van der Waals surface area contributed by atoms with Crippen LogP contribution in [0.15, 0.2) is 0 Å². The lowest BCUT2D eigenvalue weighted by atomic mass is 10.1. The van der Waals surface area contributed by atoms with Gasteiger partial charge >= 0.3 is 0 Å². The van der Waals surface area contributed by atoms with E-state index >= 15 is 0 Å². The molecule has 27 heavy (non-hydrogen) atoms. The Morgan fingerprint density at radius 3 is 1.78 bits per heavy atom. The summed E-state index contributed by atoms with van der Waals surface area (Å²) in [5.74, 6) is 0. The first kappa shape index (κ1) is 26.8. The van der Waals surface area contributed by atoms with Crippen molar-refractivity contribution in [3.8, 4) is 0 Å². The maximum absolute atomic E-state index is 9.33. The molecule has 2 N–H and O–H groups in total. The molecule has 0 bridgehead atoms. The zero-order chi connectivity index (χ0) is 20.0. The van der Waals surface area contributed by atoms with E-state index in [-0.39, 0.29) is 19.3 Å². The molecule has 0 saturated heterocycles. The number of aliphatic hydroxyl groups is 2. The number of ether oxygens (including phenoxy) is 3. The SMILES string of the molecule is CCCCCCCCCCCCOCC(COCC(O)CO)OCCCC. The zero-order valence-electron chi connectivity index (χ0n) is 18.0. The van der Waals surface area contributed by atoms with E-state index < -0.39 is 6.10 Å². The Morgan fingerprint density at radius 2 is 1.19 bits per heavy atom. The Hall–Kier alpha value is -0.200. The topological polar surface area (TPSA) is 68.2 Å². The Bertz CT molecular complexity index is 275. The molecule has 0 radical (unpaired) electrons. The number of hydrogen-bond donors (Lipinski definition) is 2. The van der Waals surface area contributed by atoms with Gasteiger partial charge in [-0.2, -0.15) is 0 Å². The van der Waals surface area contributed by atoms with Gasteiger partial charge in [0, 0.05) is 13.2 Å². The van der Waals surface area contributed by atoms with Gasteiger partial charge in [0.15, 0.2) is 0 Å². The van der Waals surface area contributed by atoms with Gasteiger partial charge in [0.25, 0.3) is 0 Å². The lowest BCUT2D eigenvalue weighted by Gasteiger charge is -2.19. The average molecular weight is 391 g/mol. The van der Waals surface area contributed by atoms with Gasteiger partial charge < -0.3 is 24.4 Å². The van der Waals surface area contributed by atoms with Gasteiger partial charge in [-0.1, -0.05) is 78.1 Å². The van der Waals surface area contributed by atoms with Crippen LogP contribution in [0.4, 0.5) is 0 Å². The van der Waals surface area contributed by atoms with Gasteiger partial charge in [-0.05, 0) is 12.8 Å². The molecule has 5 heteroatoms. The molecule has 0 heterocycles. The molecule has 0 aliphatic carbocycles. The summed E-state index contributed by atoms with van der Waals surface area (Å²) in [6, 6.07) is 0. The summed E-state index contributed by atoms with van der Waals surface area (Å²) in [7, 11) is 0. The molecule has 0 aromatic heterocycles. The highest BCUT2D eigenvalue weighted by atomic mass is 16.6. The van der Waals surface area contributed by atoms with Crippen LogP contribution >= 0.6 is 0 Å². The third kappa shape index (κ3) is 20.3. The van der Waals surface area contributed by atoms with Crippen molar-refractivity contribution in [1.29, 1.82) is 0 Å². The van der Waals surface area contributed by atoms with E-state index in [1.54, 1.807) is 0 Å². The number of rotatable bonds is 22. The summed E-state index contributed by atoms with van der Waals surface area (Å²) < 4.78 is 17.0. The fourth-order valence-electron chi connectivity index (χ4n) is 2.83. The van der Waals surface area contributed by atoms with E-state index in [4.69, 9.17) is 19.3 Å². The first-order valence-electron chi connectivity index (χ1n) is 11.3. The lowest BCUT2D eigenvalue weighted by molar-refractivity contribution is -0.0770. The van der Waals surface area contributed by atoms with Crippen LogP contribution in [0.3, 0.4) is 0 Å². The molecule has 2 atom stereocenters. The van der Waals surface area contributed by atoms with Gasteiger partial charge in [-0.3, -0.25) is 0 Å². The molecule has 2 unspecified atom stereocenters. The average Bonchev–Trinajstić information content (AvgIpc) is 2.68. The smallest absolute Gasteiger partial charge is 0.104 e. The summed E-state index contributed by atoms with van der Waals surface area (Å²) in [6.07, 6.45) is 14.4. The van der Waals surface area contributed by atoms with Crippen molar-refractivity contribution in [1.82, 2.24) is 0 Å². The summed E-state index contributed by atoms with van der Waals surface area (Å²) >= 11 is 0. The van der Waals surface area contributed by atoms with Crippen molar-refractivity contribution in [2.24, 2.45) is 0 Å². The molecule has 0 aliphatic rings. The fourth-order valence-corrected chi connectivity index (χ4v) is 2.83. The first-order valence-corrected chi connectivity index (χ1v) is 11.3. The maximum atomic E-state index is 9.33. The monoisotopic (exact) mass is 390 g/mol. The fraction of sp³-hybridized carbons (Fsp3) is 1.00. The molecule has 164 valence electrons. The van der Waals surface area contributed by atoms with Gasteiger partial charge in [-0.15, -0.1) is 0 Å². The molecule has 0 spiro atoms. The quantitative estimate of drug-likeness (QED) is 0.267. The van der Waals surface area contributed by atoms with E-state index in [0.717, 1.165) is 25.9 Å². The Morgan fingerprint density at radius 1 is 0.630 bits per heavy atom. The summed E-state index contributed by atoms with van der Waals surface area (Å²) in [5, 5.41) is 18.1. The molecule has 5 nitrogen and oxygen atoms in total. The van der Waals surface area contributed by atoms with Crippen molar-refractivity contribution < 1.29 is 24.4 Å². The summed E-state index contributed by atoms with van der Waals surface area (Å²) in [6.45, 7) is 6.62. The Balaban J connectivity index is 3.58. The van der Waals surface area contributed by atoms with Crippen LogP contribution in [0.1, 0.15) is 90.9 Å². The molecular weight excluding hydrogens is 344 g/mol. The van der Waals surface area contributed by atoms with Crippen LogP contribution in [0.5, 0.6) is 0 Å². The largest absolute Gasteiger partial charge is 0.394 e. The molecule has 0 aliphatic heterocycles. The van der Waals surface area contributed by atoms with E-state index in [9.17, 15) is 5.11 Å². The third-order valence-electron chi connectivity index (χ3n) is 4.62. The highest BCUT2D eigenvalue weighted by Gasteiger charge is 2.11. The van der Waals surface area contributed by atoms with Crippen LogP contribution in [0.2, 0.25) is 0 Å². The summed E-state index contributed by atoms with van der Waals surface area (Å²) in [4.78, 5) is 0. The highest BCUT2D eigenvalue weighted by Crippen LogP contribution is 2.10. The Labute approximate surface area is 167 Å². The van der Waals surface area contributed by atoms with Crippen LogP contribution in [0, 0.1) is 0 Å². The van der Waals surface area contributed by atoms with Gasteiger partial charge in [-0.25, -0.2) is 0 Å². The molecule has 0 rings (SSSR count). The standard InChI is InChI=1S/C22H46O5/c1-3-5-7-8-9-10-11-12-13-14-15-25-19-22(27-16-6-4-2)20-26-18-21(24)17-23/h21-24H,3-20H2,1-2H3. The van der Waals surface area contributed by atoms with Crippen LogP contribution in [-0.4, -0.2) is 62.1 Å². The zero-order valence-corrected chi connectivity index (χ0v) is 18.0. The second kappa shape index (κ2) is 22.1. The van der Waals surface area contributed by atoms with Crippen LogP contribution < -0.4 is 0 Å². The number of unbranched alkanes of at least 4 members (excludes halogenated alkanes) is 10. The maximum Gasteiger partial charge on any atom is 0.104 e. The highest BCUT2D eigenvalue weighted by molar-refractivity contribution is 4.58. The second-order valence-electron chi connectivity index (χ2n) is 7.48. The van der Waals surface area contributed by atoms with E-state index in [1.165, 1.54) is 57.8 Å². The molecular formula is C22H46O5. The van der Waals surface area contributed by atoms with Crippen molar-refractivity contribution in [2.45, 2.75) is 103 Å². The molecule has 0 fully saturated rings. The van der Waals surface area contributed by atoms with E-state index in [1.807, 2.05) is 0 Å². The van der Waals surface area contributed by atoms with Crippen molar-refractivity contribution in [3.05, 3.63) is 0 Å². The second-order valence-corrected chi connectivity index (χ2v) is 7.48. The number of hydrogen-bond acceptors (Lipinski definition) is 5. The van der Waals surface area contributed by atoms with Gasteiger partial charge in [0.05, 0.1) is 26.4 Å². The van der Waals surface area contributed by atoms with E-state index in [2.05, 4.69) is 13.8 Å². The van der Waals surface area contributed by atoms with Crippen molar-refractivity contribution in [2.75, 3.05) is 39.6 Å². The predicted molar refractivity (Wildman–Crippen MR) is 111 cm³/mol. The van der Waals surface area contributed by atoms with Gasteiger partial charge in [0.2, 0.25) is 0 Å². The molecule has 0 amide bonds. The van der Waals surface area contributed by atoms with Crippen LogP contribution in [-0.2, 0) is 14.2 Å². The third-order valence-corrected chi connectivity index (χ3v) is 4.62.